The number of rotatable bonds is 7. The molecule has 0 aliphatic rings. The molecule has 0 saturated carbocycles. The van der Waals surface area contributed by atoms with Crippen molar-refractivity contribution >= 4 is 21.6 Å². The molecule has 0 radical (unpaired) electrons. The van der Waals surface area contributed by atoms with Gasteiger partial charge in [0.05, 0.1) is 17.6 Å². The van der Waals surface area contributed by atoms with Crippen LogP contribution in [0, 0.1) is 0 Å². The maximum atomic E-state index is 12.0. The molecule has 0 aliphatic heterocycles. The first kappa shape index (κ1) is 16.4. The molecule has 0 aliphatic carbocycles. The molecule has 1 aromatic rings. The summed E-state index contributed by atoms with van der Waals surface area (Å²) in [5.41, 5.74) is 0.489. The Kier molecular flexibility index (Phi) is 6.22. The van der Waals surface area contributed by atoms with E-state index >= 15 is 0 Å². The van der Waals surface area contributed by atoms with E-state index in [0.29, 0.717) is 12.2 Å². The van der Waals surface area contributed by atoms with Crippen LogP contribution in [-0.2, 0) is 21.4 Å². The fourth-order valence-electron chi connectivity index (χ4n) is 1.48. The lowest BCUT2D eigenvalue weighted by atomic mass is 10.2. The molecular weight excluding hydrogens is 290 g/mol. The van der Waals surface area contributed by atoms with Crippen molar-refractivity contribution in [2.24, 2.45) is 0 Å². The summed E-state index contributed by atoms with van der Waals surface area (Å²) in [5, 5.41) is 9.21. The van der Waals surface area contributed by atoms with Crippen molar-refractivity contribution in [2.45, 2.75) is 31.5 Å². The number of ether oxygens (including phenoxy) is 1. The standard InChI is InChI=1S/C12H18ClNO4S/c1-3-18-9(2)7-14-19(16,17)11-5-4-10(8-15)12(13)6-11/h4-6,9,14-15H,3,7-8H2,1-2H3. The monoisotopic (exact) mass is 307 g/mol. The van der Waals surface area contributed by atoms with Gasteiger partial charge in [0.25, 0.3) is 0 Å². The number of halogens is 1. The van der Waals surface area contributed by atoms with E-state index in [4.69, 9.17) is 21.4 Å². The highest BCUT2D eigenvalue weighted by Gasteiger charge is 2.16. The fraction of sp³-hybridized carbons (Fsp3) is 0.500. The van der Waals surface area contributed by atoms with Gasteiger partial charge < -0.3 is 9.84 Å². The number of aliphatic hydroxyl groups excluding tert-OH is 1. The van der Waals surface area contributed by atoms with E-state index in [-0.39, 0.29) is 29.2 Å². The summed E-state index contributed by atoms with van der Waals surface area (Å²) in [6, 6.07) is 4.22. The van der Waals surface area contributed by atoms with Crippen LogP contribution in [-0.4, -0.2) is 32.8 Å². The van der Waals surface area contributed by atoms with Crippen molar-refractivity contribution in [2.75, 3.05) is 13.2 Å². The van der Waals surface area contributed by atoms with Crippen LogP contribution in [0.4, 0.5) is 0 Å². The minimum Gasteiger partial charge on any atom is -0.392 e. The Bertz CT molecular complexity index is 518. The first-order valence-corrected chi connectivity index (χ1v) is 7.77. The number of nitrogens with one attached hydrogen (secondary N) is 1. The van der Waals surface area contributed by atoms with Crippen LogP contribution in [0.25, 0.3) is 0 Å². The van der Waals surface area contributed by atoms with E-state index in [2.05, 4.69) is 4.72 Å². The molecule has 0 bridgehead atoms. The van der Waals surface area contributed by atoms with Crippen molar-refractivity contribution in [1.29, 1.82) is 0 Å². The summed E-state index contributed by atoms with van der Waals surface area (Å²) in [6.07, 6.45) is -0.202. The molecule has 1 rings (SSSR count). The van der Waals surface area contributed by atoms with E-state index in [1.54, 1.807) is 6.92 Å². The molecule has 0 saturated heterocycles. The van der Waals surface area contributed by atoms with Crippen LogP contribution < -0.4 is 4.72 Å². The summed E-state index contributed by atoms with van der Waals surface area (Å²) in [4.78, 5) is 0.0680. The molecule has 108 valence electrons. The molecule has 0 amide bonds. The number of hydrogen-bond donors (Lipinski definition) is 2. The molecule has 1 unspecified atom stereocenters. The SMILES string of the molecule is CCOC(C)CNS(=O)(=O)c1ccc(CO)c(Cl)c1. The third-order valence-corrected chi connectivity index (χ3v) is 4.29. The van der Waals surface area contributed by atoms with Crippen LogP contribution in [0.15, 0.2) is 23.1 Å². The Morgan fingerprint density at radius 3 is 2.68 bits per heavy atom. The van der Waals surface area contributed by atoms with E-state index in [0.717, 1.165) is 0 Å². The predicted octanol–water partition coefficient (Wildman–Crippen LogP) is 1.54. The number of hydrogen-bond acceptors (Lipinski definition) is 4. The Morgan fingerprint density at radius 2 is 2.16 bits per heavy atom. The molecule has 19 heavy (non-hydrogen) atoms. The molecule has 0 spiro atoms. The van der Waals surface area contributed by atoms with Crippen molar-refractivity contribution in [3.63, 3.8) is 0 Å². The van der Waals surface area contributed by atoms with Crippen molar-refractivity contribution < 1.29 is 18.3 Å². The Hall–Kier alpha value is -0.660. The van der Waals surface area contributed by atoms with Gasteiger partial charge in [0, 0.05) is 18.2 Å². The van der Waals surface area contributed by atoms with Gasteiger partial charge in [-0.05, 0) is 31.5 Å². The topological polar surface area (TPSA) is 75.6 Å². The second kappa shape index (κ2) is 7.21. The van der Waals surface area contributed by atoms with Crippen LogP contribution in [0.2, 0.25) is 5.02 Å². The lowest BCUT2D eigenvalue weighted by Gasteiger charge is -2.13. The zero-order chi connectivity index (χ0) is 14.5. The van der Waals surface area contributed by atoms with Gasteiger partial charge in [0.2, 0.25) is 10.0 Å². The van der Waals surface area contributed by atoms with Gasteiger partial charge >= 0.3 is 0 Å². The second-order valence-corrected chi connectivity index (χ2v) is 6.20. The highest BCUT2D eigenvalue weighted by Crippen LogP contribution is 2.20. The summed E-state index contributed by atoms with van der Waals surface area (Å²) in [7, 11) is -3.62. The van der Waals surface area contributed by atoms with Gasteiger partial charge in [-0.1, -0.05) is 17.7 Å². The predicted molar refractivity (Wildman–Crippen MR) is 73.7 cm³/mol. The maximum Gasteiger partial charge on any atom is 0.240 e. The normalized spacial score (nSPS) is 13.5. The summed E-state index contributed by atoms with van der Waals surface area (Å²) in [6.45, 7) is 4.12. The average Bonchev–Trinajstić information content (AvgIpc) is 2.37. The molecule has 1 atom stereocenters. The molecule has 0 fully saturated rings. The van der Waals surface area contributed by atoms with Gasteiger partial charge in [0.1, 0.15) is 0 Å². The second-order valence-electron chi connectivity index (χ2n) is 4.03. The van der Waals surface area contributed by atoms with Gasteiger partial charge in [-0.25, -0.2) is 13.1 Å². The third-order valence-electron chi connectivity index (χ3n) is 2.52. The smallest absolute Gasteiger partial charge is 0.240 e. The van der Waals surface area contributed by atoms with E-state index in [1.165, 1.54) is 18.2 Å². The Balaban J connectivity index is 2.80. The molecular formula is C12H18ClNO4S. The molecule has 0 heterocycles. The third kappa shape index (κ3) is 4.74. The molecule has 2 N–H and O–H groups in total. The van der Waals surface area contributed by atoms with Crippen molar-refractivity contribution in [1.82, 2.24) is 4.72 Å². The zero-order valence-corrected chi connectivity index (χ0v) is 12.5. The number of benzene rings is 1. The van der Waals surface area contributed by atoms with Gasteiger partial charge in [-0.3, -0.25) is 0 Å². The quantitative estimate of drug-likeness (QED) is 0.801. The van der Waals surface area contributed by atoms with Crippen LogP contribution in [0.3, 0.4) is 0 Å². The number of aliphatic hydroxyl groups is 1. The highest BCUT2D eigenvalue weighted by atomic mass is 35.5. The first-order chi connectivity index (χ1) is 8.90. The largest absolute Gasteiger partial charge is 0.392 e. The molecule has 1 aromatic carbocycles. The van der Waals surface area contributed by atoms with Crippen LogP contribution in [0.5, 0.6) is 0 Å². The maximum absolute atomic E-state index is 12.0. The van der Waals surface area contributed by atoms with Crippen molar-refractivity contribution in [3.05, 3.63) is 28.8 Å². The Labute approximate surface area is 118 Å². The van der Waals surface area contributed by atoms with Crippen LogP contribution in [0.1, 0.15) is 19.4 Å². The summed E-state index contributed by atoms with van der Waals surface area (Å²) >= 11 is 5.87. The molecule has 0 aromatic heterocycles. The van der Waals surface area contributed by atoms with Gasteiger partial charge in [-0.2, -0.15) is 0 Å². The molecule has 5 nitrogen and oxygen atoms in total. The van der Waals surface area contributed by atoms with Crippen molar-refractivity contribution in [3.8, 4) is 0 Å². The van der Waals surface area contributed by atoms with Crippen LogP contribution >= 0.6 is 11.6 Å². The lowest BCUT2D eigenvalue weighted by molar-refractivity contribution is 0.0799. The number of sulfonamides is 1. The summed E-state index contributed by atoms with van der Waals surface area (Å²) < 4.78 is 31.7. The lowest BCUT2D eigenvalue weighted by Crippen LogP contribution is -2.32. The average molecular weight is 308 g/mol. The van der Waals surface area contributed by atoms with E-state index in [9.17, 15) is 8.42 Å². The molecule has 7 heteroatoms. The summed E-state index contributed by atoms with van der Waals surface area (Å²) in [5.74, 6) is 0. The van der Waals surface area contributed by atoms with Gasteiger partial charge in [-0.15, -0.1) is 0 Å². The fourth-order valence-corrected chi connectivity index (χ4v) is 2.92. The van der Waals surface area contributed by atoms with E-state index < -0.39 is 10.0 Å². The first-order valence-electron chi connectivity index (χ1n) is 5.91. The Morgan fingerprint density at radius 1 is 1.47 bits per heavy atom. The van der Waals surface area contributed by atoms with E-state index in [1.807, 2.05) is 6.92 Å². The highest BCUT2D eigenvalue weighted by molar-refractivity contribution is 7.89. The minimum atomic E-state index is -3.62. The zero-order valence-electron chi connectivity index (χ0n) is 10.9. The minimum absolute atomic E-state index is 0.0680. The van der Waals surface area contributed by atoms with Gasteiger partial charge in [0.15, 0.2) is 0 Å².